The number of hydrogen-bond acceptors (Lipinski definition) is 5. The van der Waals surface area contributed by atoms with Crippen molar-refractivity contribution in [3.8, 4) is 0 Å². The van der Waals surface area contributed by atoms with E-state index < -0.39 is 0 Å². The third-order valence-corrected chi connectivity index (χ3v) is 3.99. The molecule has 1 aromatic carbocycles. The number of nitrogens with zero attached hydrogens (tertiary/aromatic N) is 4. The van der Waals surface area contributed by atoms with Crippen molar-refractivity contribution in [2.45, 2.75) is 30.9 Å². The van der Waals surface area contributed by atoms with E-state index >= 15 is 0 Å². The summed E-state index contributed by atoms with van der Waals surface area (Å²) in [6, 6.07) is 10.1. The third kappa shape index (κ3) is 2.48. The first kappa shape index (κ1) is 13.3. The van der Waals surface area contributed by atoms with Crippen LogP contribution < -0.4 is 0 Å². The lowest BCUT2D eigenvalue weighted by Gasteiger charge is -2.23. The van der Waals surface area contributed by atoms with Crippen LogP contribution in [-0.2, 0) is 4.74 Å². The fourth-order valence-electron chi connectivity index (χ4n) is 1.97. The van der Waals surface area contributed by atoms with Crippen LogP contribution in [0.2, 0.25) is 0 Å². The Bertz CT molecular complexity index is 623. The Morgan fingerprint density at radius 1 is 1.25 bits per heavy atom. The van der Waals surface area contributed by atoms with Crippen LogP contribution in [0.4, 0.5) is 0 Å². The van der Waals surface area contributed by atoms with Gasteiger partial charge in [0.2, 0.25) is 5.16 Å². The fourth-order valence-corrected chi connectivity index (χ4v) is 2.99. The molecule has 0 radical (unpaired) electrons. The molecule has 0 aliphatic carbocycles. The van der Waals surface area contributed by atoms with Crippen LogP contribution >= 0.6 is 11.8 Å². The Balaban J connectivity index is 2.01. The van der Waals surface area contributed by atoms with E-state index in [0.717, 1.165) is 28.7 Å². The van der Waals surface area contributed by atoms with Gasteiger partial charge in [0.1, 0.15) is 5.71 Å². The quantitative estimate of drug-likeness (QED) is 0.868. The van der Waals surface area contributed by atoms with Crippen LogP contribution in [0, 0.1) is 6.92 Å². The SMILES string of the molecule is CCCO[C@H]1Sc2nnc(C)n2N=C1c1ccccc1. The summed E-state index contributed by atoms with van der Waals surface area (Å²) in [6.07, 6.45) is 0.977. The molecule has 20 heavy (non-hydrogen) atoms. The van der Waals surface area contributed by atoms with Gasteiger partial charge in [-0.1, -0.05) is 37.3 Å². The first-order valence-corrected chi connectivity index (χ1v) is 7.52. The Morgan fingerprint density at radius 2 is 2.05 bits per heavy atom. The van der Waals surface area contributed by atoms with Gasteiger partial charge in [0.05, 0.1) is 0 Å². The minimum absolute atomic E-state index is 0.131. The largest absolute Gasteiger partial charge is 0.361 e. The van der Waals surface area contributed by atoms with E-state index in [0.29, 0.717) is 6.61 Å². The summed E-state index contributed by atoms with van der Waals surface area (Å²) in [7, 11) is 0. The van der Waals surface area contributed by atoms with Gasteiger partial charge in [0.15, 0.2) is 11.3 Å². The molecule has 0 fully saturated rings. The van der Waals surface area contributed by atoms with Crippen LogP contribution in [-0.4, -0.2) is 32.6 Å². The molecule has 3 rings (SSSR count). The van der Waals surface area contributed by atoms with Crippen LogP contribution in [0.15, 0.2) is 40.6 Å². The molecule has 5 nitrogen and oxygen atoms in total. The number of ether oxygens (including phenoxy) is 1. The number of rotatable bonds is 4. The number of benzene rings is 1. The summed E-state index contributed by atoms with van der Waals surface area (Å²) in [5.74, 6) is 0.787. The van der Waals surface area contributed by atoms with E-state index in [1.165, 1.54) is 0 Å². The molecule has 0 amide bonds. The number of thioether (sulfide) groups is 1. The Kier molecular flexibility index (Phi) is 3.84. The standard InChI is InChI=1S/C14H16N4OS/c1-3-9-19-13-12(11-7-5-4-6-8-11)17-18-10(2)15-16-14(18)20-13/h4-8,13H,3,9H2,1-2H3/t13-/m0/s1. The minimum Gasteiger partial charge on any atom is -0.361 e. The van der Waals surface area contributed by atoms with Crippen molar-refractivity contribution < 1.29 is 4.74 Å². The van der Waals surface area contributed by atoms with Gasteiger partial charge in [0.25, 0.3) is 0 Å². The van der Waals surface area contributed by atoms with E-state index in [1.807, 2.05) is 37.3 Å². The zero-order valence-corrected chi connectivity index (χ0v) is 12.3. The van der Waals surface area contributed by atoms with Crippen molar-refractivity contribution in [1.82, 2.24) is 14.9 Å². The van der Waals surface area contributed by atoms with E-state index in [2.05, 4.69) is 22.2 Å². The molecule has 2 aromatic rings. The molecule has 1 aliphatic rings. The minimum atomic E-state index is -0.131. The highest BCUT2D eigenvalue weighted by Crippen LogP contribution is 2.30. The first-order chi connectivity index (χ1) is 9.79. The molecule has 0 spiro atoms. The van der Waals surface area contributed by atoms with Gasteiger partial charge in [-0.05, 0) is 25.1 Å². The van der Waals surface area contributed by atoms with Gasteiger partial charge >= 0.3 is 0 Å². The fraction of sp³-hybridized carbons (Fsp3) is 0.357. The molecule has 0 unspecified atom stereocenters. The molecular formula is C14H16N4OS. The Hall–Kier alpha value is -1.66. The Morgan fingerprint density at radius 3 is 2.80 bits per heavy atom. The Labute approximate surface area is 122 Å². The predicted molar refractivity (Wildman–Crippen MR) is 79.0 cm³/mol. The second kappa shape index (κ2) is 5.76. The average Bonchev–Trinajstić information content (AvgIpc) is 2.86. The van der Waals surface area contributed by atoms with Crippen molar-refractivity contribution >= 4 is 17.5 Å². The van der Waals surface area contributed by atoms with Gasteiger partial charge in [-0.25, -0.2) is 0 Å². The maximum atomic E-state index is 5.92. The van der Waals surface area contributed by atoms with Crippen molar-refractivity contribution in [2.75, 3.05) is 6.61 Å². The smallest absolute Gasteiger partial charge is 0.214 e. The molecule has 1 atom stereocenters. The zero-order valence-electron chi connectivity index (χ0n) is 11.5. The topological polar surface area (TPSA) is 52.3 Å². The zero-order chi connectivity index (χ0) is 13.9. The van der Waals surface area contributed by atoms with Crippen LogP contribution in [0.25, 0.3) is 0 Å². The lowest BCUT2D eigenvalue weighted by Crippen LogP contribution is -2.27. The highest BCUT2D eigenvalue weighted by Gasteiger charge is 2.28. The summed E-state index contributed by atoms with van der Waals surface area (Å²) in [5, 5.41) is 13.7. The van der Waals surface area contributed by atoms with E-state index in [9.17, 15) is 0 Å². The van der Waals surface area contributed by atoms with E-state index in [-0.39, 0.29) is 5.44 Å². The van der Waals surface area contributed by atoms with Crippen LogP contribution in [0.1, 0.15) is 24.7 Å². The molecule has 1 aromatic heterocycles. The summed E-state index contributed by atoms with van der Waals surface area (Å²) in [4.78, 5) is 0. The summed E-state index contributed by atoms with van der Waals surface area (Å²) in [6.45, 7) is 4.70. The van der Waals surface area contributed by atoms with Crippen molar-refractivity contribution in [2.24, 2.45) is 5.10 Å². The third-order valence-electron chi connectivity index (χ3n) is 2.95. The summed E-state index contributed by atoms with van der Waals surface area (Å²) < 4.78 is 7.69. The van der Waals surface area contributed by atoms with Crippen molar-refractivity contribution in [3.05, 3.63) is 41.7 Å². The van der Waals surface area contributed by atoms with E-state index in [4.69, 9.17) is 4.74 Å². The maximum absolute atomic E-state index is 5.92. The van der Waals surface area contributed by atoms with Crippen LogP contribution in [0.3, 0.4) is 0 Å². The lowest BCUT2D eigenvalue weighted by atomic mass is 10.1. The molecule has 0 saturated carbocycles. The maximum Gasteiger partial charge on any atom is 0.214 e. The first-order valence-electron chi connectivity index (χ1n) is 6.64. The van der Waals surface area contributed by atoms with Crippen LogP contribution in [0.5, 0.6) is 0 Å². The molecule has 0 saturated heterocycles. The number of hydrogen-bond donors (Lipinski definition) is 0. The molecule has 104 valence electrons. The average molecular weight is 288 g/mol. The second-order valence-electron chi connectivity index (χ2n) is 4.51. The molecule has 1 aliphatic heterocycles. The molecule has 6 heteroatoms. The van der Waals surface area contributed by atoms with Gasteiger partial charge in [-0.3, -0.25) is 0 Å². The van der Waals surface area contributed by atoms with Gasteiger partial charge in [0, 0.05) is 12.2 Å². The summed E-state index contributed by atoms with van der Waals surface area (Å²) >= 11 is 1.56. The summed E-state index contributed by atoms with van der Waals surface area (Å²) in [5.41, 5.74) is 1.85. The molecule has 0 N–H and O–H groups in total. The predicted octanol–water partition coefficient (Wildman–Crippen LogP) is 2.70. The second-order valence-corrected chi connectivity index (χ2v) is 5.54. The van der Waals surface area contributed by atoms with Crippen molar-refractivity contribution in [1.29, 1.82) is 0 Å². The number of fused-ring (bicyclic) bond motifs is 1. The molecule has 2 heterocycles. The van der Waals surface area contributed by atoms with Gasteiger partial charge < -0.3 is 4.74 Å². The normalized spacial score (nSPS) is 17.7. The number of aryl methyl sites for hydroxylation is 1. The highest BCUT2D eigenvalue weighted by atomic mass is 32.2. The lowest BCUT2D eigenvalue weighted by molar-refractivity contribution is 0.150. The van der Waals surface area contributed by atoms with E-state index in [1.54, 1.807) is 16.4 Å². The van der Waals surface area contributed by atoms with Crippen molar-refractivity contribution in [3.63, 3.8) is 0 Å². The molecular weight excluding hydrogens is 272 g/mol. The van der Waals surface area contributed by atoms with Gasteiger partial charge in [-0.15, -0.1) is 10.2 Å². The highest BCUT2D eigenvalue weighted by molar-refractivity contribution is 8.00. The van der Waals surface area contributed by atoms with Gasteiger partial charge in [-0.2, -0.15) is 9.78 Å². The monoisotopic (exact) mass is 288 g/mol. The number of aromatic nitrogens is 3. The molecule has 0 bridgehead atoms.